The van der Waals surface area contributed by atoms with E-state index in [9.17, 15) is 9.59 Å². The molecule has 0 aromatic carbocycles. The van der Waals surface area contributed by atoms with Gasteiger partial charge in [-0.15, -0.1) is 22.7 Å². The summed E-state index contributed by atoms with van der Waals surface area (Å²) in [4.78, 5) is 28.9. The van der Waals surface area contributed by atoms with Gasteiger partial charge in [0.2, 0.25) is 11.7 Å². The first-order valence-electron chi connectivity index (χ1n) is 5.32. The highest BCUT2D eigenvalue weighted by atomic mass is 32.1. The minimum Gasteiger partial charge on any atom is -0.358 e. The van der Waals surface area contributed by atoms with Crippen LogP contribution in [0.2, 0.25) is 0 Å². The van der Waals surface area contributed by atoms with Gasteiger partial charge in [-0.05, 0) is 11.4 Å². The van der Waals surface area contributed by atoms with Gasteiger partial charge < -0.3 is 5.32 Å². The van der Waals surface area contributed by atoms with Gasteiger partial charge in [0.25, 0.3) is 0 Å². The Labute approximate surface area is 117 Å². The molecule has 0 bridgehead atoms. The summed E-state index contributed by atoms with van der Waals surface area (Å²) in [6, 6.07) is 5.51. The molecule has 5 nitrogen and oxygen atoms in total. The zero-order valence-corrected chi connectivity index (χ0v) is 11.5. The van der Waals surface area contributed by atoms with Gasteiger partial charge in [0.15, 0.2) is 5.92 Å². The molecule has 2 rings (SSSR count). The van der Waals surface area contributed by atoms with E-state index in [1.54, 1.807) is 6.07 Å². The van der Waals surface area contributed by atoms with Crippen LogP contribution in [0, 0.1) is 17.2 Å². The Morgan fingerprint density at radius 1 is 1.53 bits per heavy atom. The molecule has 0 aliphatic heterocycles. The van der Waals surface area contributed by atoms with Crippen LogP contribution in [0.5, 0.6) is 0 Å². The van der Waals surface area contributed by atoms with E-state index in [2.05, 4.69) is 10.3 Å². The molecule has 0 radical (unpaired) electrons. The quantitative estimate of drug-likeness (QED) is 0.689. The van der Waals surface area contributed by atoms with E-state index in [1.165, 1.54) is 35.9 Å². The third-order valence-corrected chi connectivity index (χ3v) is 4.43. The Balaban J connectivity index is 2.26. The number of hydrogen-bond acceptors (Lipinski definition) is 6. The summed E-state index contributed by atoms with van der Waals surface area (Å²) in [5.74, 6) is -2.43. The number of carbonyl (C=O) groups excluding carboxylic acids is 2. The molecular weight excluding hydrogens is 282 g/mol. The molecule has 2 aromatic rings. The standard InChI is InChI=1S/C12H9N3O2S2/c1-14-11(17)7(5-13)10(16)9-6-15-12(19-9)8-3-2-4-18-8/h2-4,6-7H,1H3,(H,14,17). The normalized spacial score (nSPS) is 11.6. The van der Waals surface area contributed by atoms with E-state index >= 15 is 0 Å². The van der Waals surface area contributed by atoms with Crippen molar-refractivity contribution in [3.05, 3.63) is 28.6 Å². The SMILES string of the molecule is CNC(=O)C(C#N)C(=O)c1cnc(-c2cccs2)s1. The lowest BCUT2D eigenvalue weighted by atomic mass is 10.0. The van der Waals surface area contributed by atoms with Crippen molar-refractivity contribution in [3.8, 4) is 16.0 Å². The zero-order valence-electron chi connectivity index (χ0n) is 9.91. The van der Waals surface area contributed by atoms with Crippen LogP contribution in [0.15, 0.2) is 23.7 Å². The van der Waals surface area contributed by atoms with Gasteiger partial charge in [-0.2, -0.15) is 5.26 Å². The van der Waals surface area contributed by atoms with E-state index in [1.807, 2.05) is 17.5 Å². The molecule has 0 aliphatic carbocycles. The van der Waals surface area contributed by atoms with Crippen LogP contribution in [0.25, 0.3) is 9.88 Å². The Morgan fingerprint density at radius 2 is 2.32 bits per heavy atom. The first-order valence-corrected chi connectivity index (χ1v) is 7.02. The van der Waals surface area contributed by atoms with Crippen LogP contribution in [0.4, 0.5) is 0 Å². The minimum absolute atomic E-state index is 0.318. The number of aromatic nitrogens is 1. The lowest BCUT2D eigenvalue weighted by Gasteiger charge is -2.03. The van der Waals surface area contributed by atoms with Crippen LogP contribution < -0.4 is 5.32 Å². The van der Waals surface area contributed by atoms with Crippen LogP contribution in [-0.2, 0) is 4.79 Å². The van der Waals surface area contributed by atoms with E-state index in [0.717, 1.165) is 4.88 Å². The van der Waals surface area contributed by atoms with Gasteiger partial charge in [0, 0.05) is 13.2 Å². The van der Waals surface area contributed by atoms with Crippen molar-refractivity contribution in [2.45, 2.75) is 0 Å². The predicted octanol–water partition coefficient (Wildman–Crippen LogP) is 1.94. The predicted molar refractivity (Wildman–Crippen MR) is 72.9 cm³/mol. The first kappa shape index (κ1) is 13.4. The summed E-state index contributed by atoms with van der Waals surface area (Å²) in [5, 5.41) is 13.8. The van der Waals surface area contributed by atoms with Gasteiger partial charge in [0.1, 0.15) is 5.01 Å². The van der Waals surface area contributed by atoms with E-state index < -0.39 is 17.6 Å². The maximum absolute atomic E-state index is 12.0. The molecule has 7 heteroatoms. The largest absolute Gasteiger partial charge is 0.358 e. The Hall–Kier alpha value is -2.04. The number of nitrogens with zero attached hydrogens (tertiary/aromatic N) is 2. The number of carbonyl (C=O) groups is 2. The summed E-state index contributed by atoms with van der Waals surface area (Å²) in [6.45, 7) is 0. The number of nitrogens with one attached hydrogen (secondary N) is 1. The van der Waals surface area contributed by atoms with E-state index in [4.69, 9.17) is 5.26 Å². The topological polar surface area (TPSA) is 82.9 Å². The van der Waals surface area contributed by atoms with E-state index in [-0.39, 0.29) is 0 Å². The molecule has 96 valence electrons. The third-order valence-electron chi connectivity index (χ3n) is 2.38. The fourth-order valence-electron chi connectivity index (χ4n) is 1.43. The fraction of sp³-hybridized carbons (Fsp3) is 0.167. The number of hydrogen-bond donors (Lipinski definition) is 1. The first-order chi connectivity index (χ1) is 9.17. The smallest absolute Gasteiger partial charge is 0.245 e. The fourth-order valence-corrected chi connectivity index (χ4v) is 3.12. The number of Topliss-reactive ketones (excluding diaryl/α,β-unsaturated/α-hetero) is 1. The molecule has 1 N–H and O–H groups in total. The molecule has 1 atom stereocenters. The lowest BCUT2D eigenvalue weighted by Crippen LogP contribution is -2.31. The highest BCUT2D eigenvalue weighted by Crippen LogP contribution is 2.29. The second kappa shape index (κ2) is 5.73. The highest BCUT2D eigenvalue weighted by Gasteiger charge is 2.28. The molecule has 0 aliphatic rings. The van der Waals surface area contributed by atoms with Gasteiger partial charge in [0.05, 0.1) is 15.8 Å². The molecule has 1 amide bonds. The van der Waals surface area contributed by atoms with Crippen molar-refractivity contribution < 1.29 is 9.59 Å². The molecule has 2 heterocycles. The van der Waals surface area contributed by atoms with Gasteiger partial charge in [-0.3, -0.25) is 9.59 Å². The van der Waals surface area contributed by atoms with Crippen LogP contribution in [0.3, 0.4) is 0 Å². The van der Waals surface area contributed by atoms with E-state index in [0.29, 0.717) is 9.88 Å². The van der Waals surface area contributed by atoms with Crippen molar-refractivity contribution in [3.63, 3.8) is 0 Å². The summed E-state index contributed by atoms with van der Waals surface area (Å²) < 4.78 is 0. The third kappa shape index (κ3) is 2.70. The number of amides is 1. The molecule has 0 spiro atoms. The Kier molecular flexibility index (Phi) is 4.04. The van der Waals surface area contributed by atoms with Crippen LogP contribution in [-0.4, -0.2) is 23.7 Å². The van der Waals surface area contributed by atoms with Crippen molar-refractivity contribution >= 4 is 34.4 Å². The minimum atomic E-state index is -1.32. The second-order valence-corrected chi connectivity index (χ2v) is 5.53. The van der Waals surface area contributed by atoms with Crippen LogP contribution >= 0.6 is 22.7 Å². The van der Waals surface area contributed by atoms with Crippen molar-refractivity contribution in [2.75, 3.05) is 7.05 Å². The van der Waals surface area contributed by atoms with Crippen molar-refractivity contribution in [2.24, 2.45) is 5.92 Å². The van der Waals surface area contributed by atoms with Gasteiger partial charge in [-0.1, -0.05) is 6.07 Å². The van der Waals surface area contributed by atoms with Crippen molar-refractivity contribution in [1.82, 2.24) is 10.3 Å². The molecule has 0 fully saturated rings. The lowest BCUT2D eigenvalue weighted by molar-refractivity contribution is -0.121. The number of thiazole rings is 1. The average molecular weight is 291 g/mol. The van der Waals surface area contributed by atoms with Gasteiger partial charge >= 0.3 is 0 Å². The molecule has 0 saturated carbocycles. The maximum Gasteiger partial charge on any atom is 0.245 e. The average Bonchev–Trinajstić information content (AvgIpc) is 3.09. The molecular formula is C12H9N3O2S2. The number of ketones is 1. The molecule has 19 heavy (non-hydrogen) atoms. The number of rotatable bonds is 4. The Morgan fingerprint density at radius 3 is 2.89 bits per heavy atom. The second-order valence-electron chi connectivity index (χ2n) is 3.55. The maximum atomic E-state index is 12.0. The summed E-state index contributed by atoms with van der Waals surface area (Å²) in [6.07, 6.45) is 1.41. The molecule has 0 saturated heterocycles. The monoisotopic (exact) mass is 291 g/mol. The number of nitriles is 1. The Bertz CT molecular complexity index is 640. The van der Waals surface area contributed by atoms with Gasteiger partial charge in [-0.25, -0.2) is 4.98 Å². The zero-order chi connectivity index (χ0) is 13.8. The number of thiophene rings is 1. The summed E-state index contributed by atoms with van der Waals surface area (Å²) in [7, 11) is 1.39. The summed E-state index contributed by atoms with van der Waals surface area (Å²) >= 11 is 2.71. The van der Waals surface area contributed by atoms with Crippen LogP contribution in [0.1, 0.15) is 9.67 Å². The highest BCUT2D eigenvalue weighted by molar-refractivity contribution is 7.22. The molecule has 2 aromatic heterocycles. The molecule has 1 unspecified atom stereocenters. The summed E-state index contributed by atoms with van der Waals surface area (Å²) in [5.41, 5.74) is 0. The van der Waals surface area contributed by atoms with Crippen molar-refractivity contribution in [1.29, 1.82) is 5.26 Å².